The summed E-state index contributed by atoms with van der Waals surface area (Å²) in [5.41, 5.74) is 3.48. The predicted molar refractivity (Wildman–Crippen MR) is 101 cm³/mol. The Hall–Kier alpha value is -3.78. The van der Waals surface area contributed by atoms with Crippen molar-refractivity contribution in [2.75, 3.05) is 5.32 Å². The summed E-state index contributed by atoms with van der Waals surface area (Å²) in [6.07, 6.45) is 0.280. The van der Waals surface area contributed by atoms with Crippen LogP contribution in [0, 0.1) is 11.3 Å². The molecule has 0 heterocycles. The second-order valence-corrected chi connectivity index (χ2v) is 5.57. The highest BCUT2D eigenvalue weighted by molar-refractivity contribution is 6.04. The van der Waals surface area contributed by atoms with Crippen LogP contribution in [0.2, 0.25) is 0 Å². The van der Waals surface area contributed by atoms with Gasteiger partial charge in [0.1, 0.15) is 0 Å². The van der Waals surface area contributed by atoms with E-state index in [-0.39, 0.29) is 12.3 Å². The van der Waals surface area contributed by atoms with Crippen molar-refractivity contribution in [2.45, 2.75) is 6.42 Å². The van der Waals surface area contributed by atoms with Crippen LogP contribution in [0.4, 0.5) is 17.1 Å². The number of amides is 1. The van der Waals surface area contributed by atoms with Gasteiger partial charge in [-0.2, -0.15) is 15.5 Å². The second-order valence-electron chi connectivity index (χ2n) is 5.57. The van der Waals surface area contributed by atoms with Crippen molar-refractivity contribution in [3.63, 3.8) is 0 Å². The zero-order valence-corrected chi connectivity index (χ0v) is 14.0. The summed E-state index contributed by atoms with van der Waals surface area (Å²) >= 11 is 0. The van der Waals surface area contributed by atoms with Crippen LogP contribution in [0.5, 0.6) is 0 Å². The van der Waals surface area contributed by atoms with Gasteiger partial charge < -0.3 is 5.32 Å². The first kappa shape index (κ1) is 17.1. The lowest BCUT2D eigenvalue weighted by molar-refractivity contribution is 0.102. The fraction of sp³-hybridized carbons (Fsp3) is 0.0476. The first-order chi connectivity index (χ1) is 12.7. The molecular formula is C21H16N4O. The number of carbonyl (C=O) groups is 1. The largest absolute Gasteiger partial charge is 0.322 e. The predicted octanol–water partition coefficient (Wildman–Crippen LogP) is 5.42. The average Bonchev–Trinajstić information content (AvgIpc) is 2.69. The summed E-state index contributed by atoms with van der Waals surface area (Å²) in [7, 11) is 0. The van der Waals surface area contributed by atoms with Crippen molar-refractivity contribution in [3.05, 3.63) is 90.0 Å². The van der Waals surface area contributed by atoms with Gasteiger partial charge in [0, 0.05) is 11.3 Å². The summed E-state index contributed by atoms with van der Waals surface area (Å²) in [5, 5.41) is 19.9. The third kappa shape index (κ3) is 4.62. The van der Waals surface area contributed by atoms with E-state index in [1.165, 1.54) is 0 Å². The smallest absolute Gasteiger partial charge is 0.255 e. The average molecular weight is 340 g/mol. The van der Waals surface area contributed by atoms with E-state index in [0.29, 0.717) is 16.9 Å². The van der Waals surface area contributed by atoms with Gasteiger partial charge in [0.25, 0.3) is 5.91 Å². The SMILES string of the molecule is N#CCc1cccc(C(=O)Nc2ccc(N=Nc3ccccc3)cc2)c1. The molecular weight excluding hydrogens is 324 g/mol. The number of azo groups is 1. The second kappa shape index (κ2) is 8.36. The van der Waals surface area contributed by atoms with E-state index in [4.69, 9.17) is 5.26 Å². The maximum absolute atomic E-state index is 12.3. The Labute approximate surface area is 151 Å². The number of hydrogen-bond acceptors (Lipinski definition) is 4. The lowest BCUT2D eigenvalue weighted by Gasteiger charge is -2.06. The van der Waals surface area contributed by atoms with Crippen LogP contribution >= 0.6 is 0 Å². The highest BCUT2D eigenvalue weighted by Crippen LogP contribution is 2.20. The standard InChI is InChI=1S/C21H16N4O/c22-14-13-16-5-4-6-17(15-16)21(26)23-18-9-11-20(12-10-18)25-24-19-7-2-1-3-8-19/h1-12,15H,13H2,(H,23,26). The summed E-state index contributed by atoms with van der Waals surface area (Å²) in [4.78, 5) is 12.3. The number of hydrogen-bond donors (Lipinski definition) is 1. The zero-order chi connectivity index (χ0) is 18.2. The van der Waals surface area contributed by atoms with Crippen molar-refractivity contribution in [3.8, 4) is 6.07 Å². The molecule has 0 aliphatic carbocycles. The molecule has 0 spiro atoms. The van der Waals surface area contributed by atoms with Crippen molar-refractivity contribution in [2.24, 2.45) is 10.2 Å². The van der Waals surface area contributed by atoms with Crippen LogP contribution in [0.25, 0.3) is 0 Å². The van der Waals surface area contributed by atoms with Gasteiger partial charge in [0.2, 0.25) is 0 Å². The van der Waals surface area contributed by atoms with E-state index in [2.05, 4.69) is 21.6 Å². The minimum atomic E-state index is -0.219. The van der Waals surface area contributed by atoms with Crippen LogP contribution in [-0.2, 0) is 6.42 Å². The monoisotopic (exact) mass is 340 g/mol. The molecule has 3 aromatic rings. The Bertz CT molecular complexity index is 957. The topological polar surface area (TPSA) is 77.6 Å². The third-order valence-corrected chi connectivity index (χ3v) is 3.63. The first-order valence-electron chi connectivity index (χ1n) is 8.09. The molecule has 0 aliphatic heterocycles. The summed E-state index contributed by atoms with van der Waals surface area (Å²) in [6.45, 7) is 0. The van der Waals surface area contributed by atoms with E-state index in [0.717, 1.165) is 11.3 Å². The van der Waals surface area contributed by atoms with Gasteiger partial charge in [-0.1, -0.05) is 30.3 Å². The molecule has 3 rings (SSSR count). The van der Waals surface area contributed by atoms with Crippen LogP contribution in [-0.4, -0.2) is 5.91 Å². The third-order valence-electron chi connectivity index (χ3n) is 3.63. The van der Waals surface area contributed by atoms with Crippen molar-refractivity contribution in [1.29, 1.82) is 5.26 Å². The Morgan fingerprint density at radius 2 is 1.58 bits per heavy atom. The summed E-state index contributed by atoms with van der Waals surface area (Å²) in [5.74, 6) is -0.219. The van der Waals surface area contributed by atoms with E-state index < -0.39 is 0 Å². The summed E-state index contributed by atoms with van der Waals surface area (Å²) in [6, 6.07) is 25.7. The highest BCUT2D eigenvalue weighted by Gasteiger charge is 2.07. The molecule has 1 amide bonds. The molecule has 26 heavy (non-hydrogen) atoms. The van der Waals surface area contributed by atoms with Crippen molar-refractivity contribution < 1.29 is 4.79 Å². The first-order valence-corrected chi connectivity index (χ1v) is 8.09. The highest BCUT2D eigenvalue weighted by atomic mass is 16.1. The molecule has 3 aromatic carbocycles. The van der Waals surface area contributed by atoms with Crippen LogP contribution in [0.3, 0.4) is 0 Å². The van der Waals surface area contributed by atoms with Crippen LogP contribution in [0.1, 0.15) is 15.9 Å². The molecule has 0 fully saturated rings. The molecule has 0 aliphatic rings. The summed E-state index contributed by atoms with van der Waals surface area (Å²) < 4.78 is 0. The molecule has 0 atom stereocenters. The lowest BCUT2D eigenvalue weighted by Crippen LogP contribution is -2.11. The lowest BCUT2D eigenvalue weighted by atomic mass is 10.1. The number of carbonyl (C=O) groups excluding carboxylic acids is 1. The van der Waals surface area contributed by atoms with Crippen molar-refractivity contribution in [1.82, 2.24) is 0 Å². The molecule has 0 saturated carbocycles. The Morgan fingerprint density at radius 3 is 2.27 bits per heavy atom. The van der Waals surface area contributed by atoms with Gasteiger partial charge >= 0.3 is 0 Å². The minimum absolute atomic E-state index is 0.219. The fourth-order valence-corrected chi connectivity index (χ4v) is 2.34. The fourth-order valence-electron chi connectivity index (χ4n) is 2.34. The molecule has 5 heteroatoms. The molecule has 0 radical (unpaired) electrons. The number of nitriles is 1. The molecule has 0 saturated heterocycles. The van der Waals surface area contributed by atoms with E-state index in [1.54, 1.807) is 42.5 Å². The maximum atomic E-state index is 12.3. The van der Waals surface area contributed by atoms with Gasteiger partial charge in [-0.25, -0.2) is 0 Å². The quantitative estimate of drug-likeness (QED) is 0.629. The van der Waals surface area contributed by atoms with Gasteiger partial charge in [-0.3, -0.25) is 4.79 Å². The van der Waals surface area contributed by atoms with E-state index in [9.17, 15) is 4.79 Å². The van der Waals surface area contributed by atoms with Gasteiger partial charge in [-0.05, 0) is 54.1 Å². The Kier molecular flexibility index (Phi) is 5.48. The van der Waals surface area contributed by atoms with Crippen LogP contribution < -0.4 is 5.32 Å². The Balaban J connectivity index is 1.65. The molecule has 5 nitrogen and oxygen atoms in total. The minimum Gasteiger partial charge on any atom is -0.322 e. The number of nitrogens with zero attached hydrogens (tertiary/aromatic N) is 3. The van der Waals surface area contributed by atoms with E-state index in [1.807, 2.05) is 36.4 Å². The van der Waals surface area contributed by atoms with Crippen molar-refractivity contribution >= 4 is 23.0 Å². The zero-order valence-electron chi connectivity index (χ0n) is 14.0. The maximum Gasteiger partial charge on any atom is 0.255 e. The number of rotatable bonds is 5. The van der Waals surface area contributed by atoms with Gasteiger partial charge in [-0.15, -0.1) is 0 Å². The molecule has 126 valence electrons. The van der Waals surface area contributed by atoms with Gasteiger partial charge in [0.15, 0.2) is 0 Å². The molecule has 0 bridgehead atoms. The molecule has 1 N–H and O–H groups in total. The van der Waals surface area contributed by atoms with Gasteiger partial charge in [0.05, 0.1) is 23.9 Å². The number of nitrogens with one attached hydrogen (secondary N) is 1. The number of anilines is 1. The number of benzene rings is 3. The Morgan fingerprint density at radius 1 is 0.885 bits per heavy atom. The molecule has 0 unspecified atom stereocenters. The van der Waals surface area contributed by atoms with Crippen LogP contribution in [0.15, 0.2) is 89.1 Å². The normalized spacial score (nSPS) is 10.4. The molecule has 0 aromatic heterocycles. The van der Waals surface area contributed by atoms with E-state index >= 15 is 0 Å².